The molecule has 106 valence electrons. The molecule has 1 aliphatic heterocycles. The number of halogens is 2. The van der Waals surface area contributed by atoms with Crippen LogP contribution in [0.2, 0.25) is 0 Å². The summed E-state index contributed by atoms with van der Waals surface area (Å²) in [6.45, 7) is 4.04. The van der Waals surface area contributed by atoms with Gasteiger partial charge < -0.3 is 10.6 Å². The standard InChI is InChI=1S/C15H22BrFN2/c1-11(8-14-4-2-3-7-18-14)19-10-12-9-13(17)5-6-15(12)16/h5-6,9,11,14,18-19H,2-4,7-8,10H2,1H3. The Bertz CT molecular complexity index is 405. The van der Waals surface area contributed by atoms with Crippen LogP contribution in [-0.2, 0) is 6.54 Å². The molecule has 2 nitrogen and oxygen atoms in total. The van der Waals surface area contributed by atoms with E-state index >= 15 is 0 Å². The number of nitrogens with one attached hydrogen (secondary N) is 2. The molecule has 0 amide bonds. The van der Waals surface area contributed by atoms with Gasteiger partial charge in [-0.25, -0.2) is 4.39 Å². The van der Waals surface area contributed by atoms with Gasteiger partial charge in [-0.2, -0.15) is 0 Å². The van der Waals surface area contributed by atoms with Gasteiger partial charge in [-0.15, -0.1) is 0 Å². The van der Waals surface area contributed by atoms with Crippen molar-refractivity contribution in [2.45, 2.75) is 51.2 Å². The summed E-state index contributed by atoms with van der Waals surface area (Å²) in [5, 5.41) is 7.04. The minimum atomic E-state index is -0.179. The van der Waals surface area contributed by atoms with Crippen LogP contribution >= 0.6 is 15.9 Å². The van der Waals surface area contributed by atoms with Gasteiger partial charge in [-0.3, -0.25) is 0 Å². The largest absolute Gasteiger partial charge is 0.314 e. The maximum absolute atomic E-state index is 13.2. The smallest absolute Gasteiger partial charge is 0.123 e. The summed E-state index contributed by atoms with van der Waals surface area (Å²) in [6, 6.07) is 5.89. The minimum absolute atomic E-state index is 0.179. The zero-order valence-electron chi connectivity index (χ0n) is 11.4. The van der Waals surface area contributed by atoms with Crippen molar-refractivity contribution in [3.05, 3.63) is 34.1 Å². The quantitative estimate of drug-likeness (QED) is 0.863. The average Bonchev–Trinajstić information content (AvgIpc) is 2.41. The van der Waals surface area contributed by atoms with E-state index in [9.17, 15) is 4.39 Å². The molecule has 19 heavy (non-hydrogen) atoms. The monoisotopic (exact) mass is 328 g/mol. The van der Waals surface area contributed by atoms with Crippen LogP contribution in [0.25, 0.3) is 0 Å². The highest BCUT2D eigenvalue weighted by atomic mass is 79.9. The lowest BCUT2D eigenvalue weighted by molar-refractivity contribution is 0.344. The molecule has 2 unspecified atom stereocenters. The van der Waals surface area contributed by atoms with E-state index in [1.807, 2.05) is 0 Å². The number of benzene rings is 1. The van der Waals surface area contributed by atoms with E-state index in [1.165, 1.54) is 25.3 Å². The molecule has 1 fully saturated rings. The first-order valence-corrected chi connectivity index (χ1v) is 7.85. The van der Waals surface area contributed by atoms with Gasteiger partial charge in [-0.05, 0) is 56.5 Å². The third kappa shape index (κ3) is 4.86. The highest BCUT2D eigenvalue weighted by Crippen LogP contribution is 2.18. The molecule has 4 heteroatoms. The summed E-state index contributed by atoms with van der Waals surface area (Å²) in [4.78, 5) is 0. The normalized spacial score (nSPS) is 21.3. The zero-order valence-corrected chi connectivity index (χ0v) is 13.0. The van der Waals surface area contributed by atoms with Gasteiger partial charge in [0.2, 0.25) is 0 Å². The van der Waals surface area contributed by atoms with Gasteiger partial charge in [0.25, 0.3) is 0 Å². The van der Waals surface area contributed by atoms with Crippen LogP contribution in [0.4, 0.5) is 4.39 Å². The molecule has 0 aliphatic carbocycles. The third-order valence-corrected chi connectivity index (χ3v) is 4.47. The Morgan fingerprint density at radius 1 is 1.47 bits per heavy atom. The Balaban J connectivity index is 1.79. The first-order valence-electron chi connectivity index (χ1n) is 7.06. The van der Waals surface area contributed by atoms with Crippen LogP contribution in [0, 0.1) is 5.82 Å². The van der Waals surface area contributed by atoms with Crippen molar-refractivity contribution in [3.8, 4) is 0 Å². The Hall–Kier alpha value is -0.450. The summed E-state index contributed by atoms with van der Waals surface area (Å²) in [5.41, 5.74) is 0.975. The summed E-state index contributed by atoms with van der Waals surface area (Å²) in [7, 11) is 0. The molecule has 0 bridgehead atoms. The highest BCUT2D eigenvalue weighted by Gasteiger charge is 2.15. The van der Waals surface area contributed by atoms with Crippen molar-refractivity contribution < 1.29 is 4.39 Å². The lowest BCUT2D eigenvalue weighted by Gasteiger charge is -2.26. The predicted octanol–water partition coefficient (Wildman–Crippen LogP) is 3.60. The van der Waals surface area contributed by atoms with Crippen LogP contribution < -0.4 is 10.6 Å². The fourth-order valence-corrected chi connectivity index (χ4v) is 2.99. The fourth-order valence-electron chi connectivity index (χ4n) is 2.60. The van der Waals surface area contributed by atoms with Crippen molar-refractivity contribution in [2.24, 2.45) is 0 Å². The molecule has 0 radical (unpaired) electrons. The van der Waals surface area contributed by atoms with E-state index in [0.717, 1.165) is 23.0 Å². The second kappa shape index (κ2) is 7.36. The van der Waals surface area contributed by atoms with Crippen molar-refractivity contribution >= 4 is 15.9 Å². The van der Waals surface area contributed by atoms with E-state index in [2.05, 4.69) is 33.5 Å². The molecule has 1 aromatic carbocycles. The SMILES string of the molecule is CC(CC1CCCCN1)NCc1cc(F)ccc1Br. The second-order valence-corrected chi connectivity index (χ2v) is 6.25. The van der Waals surface area contributed by atoms with E-state index < -0.39 is 0 Å². The summed E-state index contributed by atoms with van der Waals surface area (Å²) >= 11 is 3.46. The van der Waals surface area contributed by atoms with E-state index in [4.69, 9.17) is 0 Å². The first kappa shape index (κ1) is 14.9. The Labute approximate surface area is 123 Å². The second-order valence-electron chi connectivity index (χ2n) is 5.40. The van der Waals surface area contributed by atoms with Crippen LogP contribution in [0.15, 0.2) is 22.7 Å². The van der Waals surface area contributed by atoms with Gasteiger partial charge in [0.15, 0.2) is 0 Å². The van der Waals surface area contributed by atoms with E-state index in [0.29, 0.717) is 18.6 Å². The van der Waals surface area contributed by atoms with Crippen LogP contribution in [0.1, 0.15) is 38.2 Å². The Morgan fingerprint density at radius 3 is 3.05 bits per heavy atom. The molecule has 2 N–H and O–H groups in total. The van der Waals surface area contributed by atoms with E-state index in [1.54, 1.807) is 12.1 Å². The van der Waals surface area contributed by atoms with Gasteiger partial charge in [-0.1, -0.05) is 22.4 Å². The average molecular weight is 329 g/mol. The minimum Gasteiger partial charge on any atom is -0.314 e. The molecular weight excluding hydrogens is 307 g/mol. The van der Waals surface area contributed by atoms with Gasteiger partial charge in [0.05, 0.1) is 0 Å². The Morgan fingerprint density at radius 2 is 2.32 bits per heavy atom. The molecule has 1 aliphatic rings. The molecule has 0 aromatic heterocycles. The fraction of sp³-hybridized carbons (Fsp3) is 0.600. The van der Waals surface area contributed by atoms with Gasteiger partial charge in [0, 0.05) is 23.1 Å². The number of rotatable bonds is 5. The van der Waals surface area contributed by atoms with Gasteiger partial charge in [0.1, 0.15) is 5.82 Å². The summed E-state index contributed by atoms with van der Waals surface area (Å²) in [5.74, 6) is -0.179. The molecule has 1 heterocycles. The topological polar surface area (TPSA) is 24.1 Å². The molecule has 0 spiro atoms. The number of hydrogen-bond acceptors (Lipinski definition) is 2. The molecular formula is C15H22BrFN2. The number of piperidine rings is 1. The third-order valence-electron chi connectivity index (χ3n) is 3.70. The van der Waals surface area contributed by atoms with Crippen molar-refractivity contribution in [3.63, 3.8) is 0 Å². The molecule has 2 atom stereocenters. The predicted molar refractivity (Wildman–Crippen MR) is 80.7 cm³/mol. The first-order chi connectivity index (χ1) is 9.15. The number of hydrogen-bond donors (Lipinski definition) is 2. The summed E-state index contributed by atoms with van der Waals surface area (Å²) in [6.07, 6.45) is 5.04. The maximum Gasteiger partial charge on any atom is 0.123 e. The van der Waals surface area contributed by atoms with Crippen LogP contribution in [-0.4, -0.2) is 18.6 Å². The van der Waals surface area contributed by atoms with Gasteiger partial charge >= 0.3 is 0 Å². The molecule has 0 saturated carbocycles. The lowest BCUT2D eigenvalue weighted by Crippen LogP contribution is -2.39. The van der Waals surface area contributed by atoms with Crippen LogP contribution in [0.3, 0.4) is 0 Å². The molecule has 1 saturated heterocycles. The maximum atomic E-state index is 13.2. The van der Waals surface area contributed by atoms with Crippen molar-refractivity contribution in [2.75, 3.05) is 6.54 Å². The molecule has 2 rings (SSSR count). The van der Waals surface area contributed by atoms with Crippen molar-refractivity contribution in [1.29, 1.82) is 0 Å². The Kier molecular flexibility index (Phi) is 5.79. The highest BCUT2D eigenvalue weighted by molar-refractivity contribution is 9.10. The zero-order chi connectivity index (χ0) is 13.7. The van der Waals surface area contributed by atoms with Crippen molar-refractivity contribution in [1.82, 2.24) is 10.6 Å². The summed E-state index contributed by atoms with van der Waals surface area (Å²) < 4.78 is 14.1. The van der Waals surface area contributed by atoms with Crippen LogP contribution in [0.5, 0.6) is 0 Å². The lowest BCUT2D eigenvalue weighted by atomic mass is 9.99. The van der Waals surface area contributed by atoms with E-state index in [-0.39, 0.29) is 5.82 Å². The molecule has 1 aromatic rings.